The number of hydrogen-bond acceptors (Lipinski definition) is 5. The highest BCUT2D eigenvalue weighted by molar-refractivity contribution is 5.38. The highest BCUT2D eigenvalue weighted by Crippen LogP contribution is 2.20. The maximum atomic E-state index is 5.23. The van der Waals surface area contributed by atoms with Gasteiger partial charge < -0.3 is 15.0 Å². The van der Waals surface area contributed by atoms with Crippen LogP contribution >= 0.6 is 0 Å². The van der Waals surface area contributed by atoms with E-state index in [1.54, 1.807) is 7.11 Å². The molecule has 0 bridgehead atoms. The molecule has 1 N–H and O–H groups in total. The summed E-state index contributed by atoms with van der Waals surface area (Å²) in [5.74, 6) is 0.955. The molecule has 1 aromatic rings. The van der Waals surface area contributed by atoms with E-state index in [1.807, 2.05) is 0 Å². The minimum atomic E-state index is 0.491. The molecule has 0 aliphatic heterocycles. The summed E-state index contributed by atoms with van der Waals surface area (Å²) >= 11 is 0. The van der Waals surface area contributed by atoms with Crippen molar-refractivity contribution in [2.45, 2.75) is 58.2 Å². The summed E-state index contributed by atoms with van der Waals surface area (Å²) in [6, 6.07) is 5.37. The van der Waals surface area contributed by atoms with Crippen LogP contribution in [0.4, 0.5) is 5.82 Å². The van der Waals surface area contributed by atoms with Gasteiger partial charge in [0, 0.05) is 32.3 Å². The number of aromatic nitrogens is 2. The van der Waals surface area contributed by atoms with E-state index >= 15 is 0 Å². The van der Waals surface area contributed by atoms with Crippen molar-refractivity contribution in [1.82, 2.24) is 15.5 Å². The highest BCUT2D eigenvalue weighted by atomic mass is 16.5. The molecule has 118 valence electrons. The van der Waals surface area contributed by atoms with Crippen molar-refractivity contribution >= 4 is 5.82 Å². The zero-order valence-corrected chi connectivity index (χ0v) is 13.5. The van der Waals surface area contributed by atoms with Crippen LogP contribution in [0.25, 0.3) is 0 Å². The second-order valence-corrected chi connectivity index (χ2v) is 5.69. The van der Waals surface area contributed by atoms with Gasteiger partial charge in [0.25, 0.3) is 0 Å². The molecular weight excluding hydrogens is 264 g/mol. The Kier molecular flexibility index (Phi) is 6.39. The molecule has 1 aliphatic carbocycles. The van der Waals surface area contributed by atoms with E-state index in [0.717, 1.165) is 37.4 Å². The summed E-state index contributed by atoms with van der Waals surface area (Å²) in [4.78, 5) is 2.31. The van der Waals surface area contributed by atoms with Crippen LogP contribution in [0.2, 0.25) is 0 Å². The van der Waals surface area contributed by atoms with E-state index in [2.05, 4.69) is 46.4 Å². The molecule has 0 amide bonds. The molecular formula is C16H28N4O. The Bertz CT molecular complexity index is 401. The number of ether oxygens (including phenoxy) is 1. The van der Waals surface area contributed by atoms with E-state index < -0.39 is 0 Å². The van der Waals surface area contributed by atoms with Crippen molar-refractivity contribution < 1.29 is 4.74 Å². The smallest absolute Gasteiger partial charge is 0.151 e. The number of nitrogens with zero attached hydrogens (tertiary/aromatic N) is 3. The summed E-state index contributed by atoms with van der Waals surface area (Å²) in [7, 11) is 1.74. The first-order valence-electron chi connectivity index (χ1n) is 8.10. The SMILES string of the molecule is CCC(CC)N(CCOC)c1ccc(CNC2CC2)nn1. The number of rotatable bonds is 10. The van der Waals surface area contributed by atoms with Crippen molar-refractivity contribution in [3.8, 4) is 0 Å². The van der Waals surface area contributed by atoms with Crippen LogP contribution in [-0.4, -0.2) is 42.5 Å². The number of nitrogens with one attached hydrogen (secondary N) is 1. The van der Waals surface area contributed by atoms with E-state index in [0.29, 0.717) is 18.7 Å². The molecule has 1 aromatic heterocycles. The molecule has 1 fully saturated rings. The summed E-state index contributed by atoms with van der Waals surface area (Å²) in [6.07, 6.45) is 4.80. The quantitative estimate of drug-likeness (QED) is 0.717. The lowest BCUT2D eigenvalue weighted by Gasteiger charge is -2.31. The lowest BCUT2D eigenvalue weighted by atomic mass is 10.1. The summed E-state index contributed by atoms with van der Waals surface area (Å²) in [5, 5.41) is 12.3. The van der Waals surface area contributed by atoms with Gasteiger partial charge in [-0.1, -0.05) is 13.8 Å². The van der Waals surface area contributed by atoms with E-state index in [4.69, 9.17) is 4.74 Å². The van der Waals surface area contributed by atoms with Gasteiger partial charge >= 0.3 is 0 Å². The third-order valence-corrected chi connectivity index (χ3v) is 4.07. The molecule has 5 nitrogen and oxygen atoms in total. The van der Waals surface area contributed by atoms with Crippen molar-refractivity contribution in [2.75, 3.05) is 25.2 Å². The molecule has 1 saturated carbocycles. The Morgan fingerprint density at radius 3 is 2.57 bits per heavy atom. The van der Waals surface area contributed by atoms with Gasteiger partial charge in [-0.2, -0.15) is 5.10 Å². The van der Waals surface area contributed by atoms with Gasteiger partial charge in [0.15, 0.2) is 5.82 Å². The van der Waals surface area contributed by atoms with Crippen LogP contribution < -0.4 is 10.2 Å². The van der Waals surface area contributed by atoms with Gasteiger partial charge in [-0.3, -0.25) is 0 Å². The van der Waals surface area contributed by atoms with Gasteiger partial charge in [-0.25, -0.2) is 0 Å². The molecule has 0 radical (unpaired) electrons. The Balaban J connectivity index is 1.99. The third-order valence-electron chi connectivity index (χ3n) is 4.07. The van der Waals surface area contributed by atoms with Gasteiger partial charge in [-0.15, -0.1) is 5.10 Å². The monoisotopic (exact) mass is 292 g/mol. The maximum Gasteiger partial charge on any atom is 0.151 e. The molecule has 1 heterocycles. The zero-order valence-electron chi connectivity index (χ0n) is 13.5. The first-order valence-corrected chi connectivity index (χ1v) is 8.10. The molecule has 0 saturated heterocycles. The van der Waals surface area contributed by atoms with Crippen LogP contribution in [0.3, 0.4) is 0 Å². The first kappa shape index (κ1) is 16.2. The minimum absolute atomic E-state index is 0.491. The van der Waals surface area contributed by atoms with Crippen molar-refractivity contribution in [2.24, 2.45) is 0 Å². The Hall–Kier alpha value is -1.20. The fraction of sp³-hybridized carbons (Fsp3) is 0.750. The van der Waals surface area contributed by atoms with Gasteiger partial charge in [0.2, 0.25) is 0 Å². The predicted molar refractivity (Wildman–Crippen MR) is 85.5 cm³/mol. The molecule has 0 atom stereocenters. The molecule has 0 spiro atoms. The van der Waals surface area contributed by atoms with Crippen LogP contribution in [0.15, 0.2) is 12.1 Å². The second-order valence-electron chi connectivity index (χ2n) is 5.69. The minimum Gasteiger partial charge on any atom is -0.383 e. The second kappa shape index (κ2) is 8.29. The fourth-order valence-electron chi connectivity index (χ4n) is 2.54. The predicted octanol–water partition coefficient (Wildman–Crippen LogP) is 2.37. The summed E-state index contributed by atoms with van der Waals surface area (Å²) in [5.41, 5.74) is 1.02. The molecule has 2 rings (SSSR count). The Morgan fingerprint density at radius 2 is 2.05 bits per heavy atom. The normalized spacial score (nSPS) is 14.7. The molecule has 0 unspecified atom stereocenters. The fourth-order valence-corrected chi connectivity index (χ4v) is 2.54. The van der Waals surface area contributed by atoms with Gasteiger partial charge in [0.05, 0.1) is 12.3 Å². The van der Waals surface area contributed by atoms with Crippen molar-refractivity contribution in [3.05, 3.63) is 17.8 Å². The van der Waals surface area contributed by atoms with E-state index in [9.17, 15) is 0 Å². The van der Waals surface area contributed by atoms with E-state index in [1.165, 1.54) is 12.8 Å². The summed E-state index contributed by atoms with van der Waals surface area (Å²) in [6.45, 7) is 6.83. The standard InChI is InChI=1S/C16H28N4O/c1-4-15(5-2)20(10-11-21-3)16-9-8-14(18-19-16)12-17-13-6-7-13/h8-9,13,15,17H,4-7,10-12H2,1-3H3. The lowest BCUT2D eigenvalue weighted by Crippen LogP contribution is -2.37. The molecule has 21 heavy (non-hydrogen) atoms. The maximum absolute atomic E-state index is 5.23. The molecule has 1 aliphatic rings. The zero-order chi connectivity index (χ0) is 15.1. The molecule has 5 heteroatoms. The number of anilines is 1. The average molecular weight is 292 g/mol. The Morgan fingerprint density at radius 1 is 1.29 bits per heavy atom. The van der Waals surface area contributed by atoms with Crippen molar-refractivity contribution in [3.63, 3.8) is 0 Å². The molecule has 0 aromatic carbocycles. The first-order chi connectivity index (χ1) is 10.3. The summed E-state index contributed by atoms with van der Waals surface area (Å²) < 4.78 is 5.23. The number of hydrogen-bond donors (Lipinski definition) is 1. The topological polar surface area (TPSA) is 50.3 Å². The lowest BCUT2D eigenvalue weighted by molar-refractivity contribution is 0.202. The van der Waals surface area contributed by atoms with Gasteiger partial charge in [0.1, 0.15) is 0 Å². The van der Waals surface area contributed by atoms with Crippen LogP contribution in [-0.2, 0) is 11.3 Å². The van der Waals surface area contributed by atoms with Crippen LogP contribution in [0, 0.1) is 0 Å². The van der Waals surface area contributed by atoms with Gasteiger partial charge in [-0.05, 0) is 37.8 Å². The largest absolute Gasteiger partial charge is 0.383 e. The van der Waals surface area contributed by atoms with E-state index in [-0.39, 0.29) is 0 Å². The highest BCUT2D eigenvalue weighted by Gasteiger charge is 2.20. The van der Waals surface area contributed by atoms with Crippen LogP contribution in [0.1, 0.15) is 45.2 Å². The van der Waals surface area contributed by atoms with Crippen LogP contribution in [0.5, 0.6) is 0 Å². The third kappa shape index (κ3) is 4.93. The average Bonchev–Trinajstić information content (AvgIpc) is 3.34. The number of methoxy groups -OCH3 is 1. The Labute approximate surface area is 128 Å². The van der Waals surface area contributed by atoms with Crippen molar-refractivity contribution in [1.29, 1.82) is 0 Å².